The standard InChI is InChI=1S/C10H19NO3/c1-8(2)11-10(9(12)13-3)5-4-6-14-7-10/h8,11H,4-7H2,1-3H3. The van der Waals surface area contributed by atoms with Crippen LogP contribution in [0.15, 0.2) is 0 Å². The monoisotopic (exact) mass is 201 g/mol. The highest BCUT2D eigenvalue weighted by Crippen LogP contribution is 2.21. The van der Waals surface area contributed by atoms with Crippen LogP contribution in [0, 0.1) is 0 Å². The number of rotatable bonds is 3. The average molecular weight is 201 g/mol. The third kappa shape index (κ3) is 2.45. The summed E-state index contributed by atoms with van der Waals surface area (Å²) in [6.07, 6.45) is 1.69. The molecule has 1 rings (SSSR count). The van der Waals surface area contributed by atoms with Crippen molar-refractivity contribution in [1.29, 1.82) is 0 Å². The van der Waals surface area contributed by atoms with Gasteiger partial charge in [0.2, 0.25) is 0 Å². The van der Waals surface area contributed by atoms with Gasteiger partial charge in [-0.25, -0.2) is 4.79 Å². The molecule has 4 heteroatoms. The van der Waals surface area contributed by atoms with Crippen molar-refractivity contribution < 1.29 is 14.3 Å². The van der Waals surface area contributed by atoms with Gasteiger partial charge in [0.1, 0.15) is 5.54 Å². The number of carbonyl (C=O) groups is 1. The topological polar surface area (TPSA) is 47.6 Å². The van der Waals surface area contributed by atoms with E-state index in [1.54, 1.807) is 0 Å². The minimum absolute atomic E-state index is 0.217. The van der Waals surface area contributed by atoms with Crippen LogP contribution in [0.2, 0.25) is 0 Å². The summed E-state index contributed by atoms with van der Waals surface area (Å²) < 4.78 is 10.2. The molecule has 0 amide bonds. The Bertz CT molecular complexity index is 198. The van der Waals surface area contributed by atoms with Crippen molar-refractivity contribution in [1.82, 2.24) is 5.32 Å². The molecule has 0 saturated carbocycles. The quantitative estimate of drug-likeness (QED) is 0.683. The lowest BCUT2D eigenvalue weighted by Gasteiger charge is -2.36. The molecule has 1 fully saturated rings. The van der Waals surface area contributed by atoms with Crippen LogP contribution in [-0.2, 0) is 14.3 Å². The lowest BCUT2D eigenvalue weighted by molar-refractivity contribution is -0.155. The number of hydrogen-bond donors (Lipinski definition) is 1. The van der Waals surface area contributed by atoms with Gasteiger partial charge in [-0.2, -0.15) is 0 Å². The maximum atomic E-state index is 11.7. The second-order valence-corrected chi connectivity index (χ2v) is 4.03. The van der Waals surface area contributed by atoms with E-state index in [1.807, 2.05) is 13.8 Å². The fraction of sp³-hybridized carbons (Fsp3) is 0.900. The Morgan fingerprint density at radius 2 is 2.29 bits per heavy atom. The fourth-order valence-electron chi connectivity index (χ4n) is 1.88. The molecule has 1 unspecified atom stereocenters. The van der Waals surface area contributed by atoms with Crippen LogP contribution in [0.5, 0.6) is 0 Å². The first-order valence-corrected chi connectivity index (χ1v) is 5.04. The van der Waals surface area contributed by atoms with Crippen molar-refractivity contribution in [3.05, 3.63) is 0 Å². The van der Waals surface area contributed by atoms with Crippen molar-refractivity contribution in [2.24, 2.45) is 0 Å². The Hall–Kier alpha value is -0.610. The zero-order valence-electron chi connectivity index (χ0n) is 9.13. The highest BCUT2D eigenvalue weighted by molar-refractivity contribution is 5.81. The predicted molar refractivity (Wildman–Crippen MR) is 53.1 cm³/mol. The maximum absolute atomic E-state index is 11.7. The second kappa shape index (κ2) is 4.75. The van der Waals surface area contributed by atoms with E-state index in [0.717, 1.165) is 19.4 Å². The zero-order chi connectivity index (χ0) is 10.6. The third-order valence-electron chi connectivity index (χ3n) is 2.38. The Morgan fingerprint density at radius 1 is 1.57 bits per heavy atom. The Kier molecular flexibility index (Phi) is 3.89. The minimum Gasteiger partial charge on any atom is -0.468 e. The lowest BCUT2D eigenvalue weighted by Crippen LogP contribution is -2.60. The molecule has 1 atom stereocenters. The molecule has 1 heterocycles. The maximum Gasteiger partial charge on any atom is 0.328 e. The molecule has 82 valence electrons. The van der Waals surface area contributed by atoms with Crippen molar-refractivity contribution in [3.63, 3.8) is 0 Å². The Labute approximate surface area is 85.0 Å². The number of hydrogen-bond acceptors (Lipinski definition) is 4. The number of nitrogens with one attached hydrogen (secondary N) is 1. The van der Waals surface area contributed by atoms with Crippen LogP contribution in [0.1, 0.15) is 26.7 Å². The van der Waals surface area contributed by atoms with E-state index in [4.69, 9.17) is 9.47 Å². The van der Waals surface area contributed by atoms with E-state index < -0.39 is 5.54 Å². The highest BCUT2D eigenvalue weighted by atomic mass is 16.5. The molecule has 14 heavy (non-hydrogen) atoms. The zero-order valence-corrected chi connectivity index (χ0v) is 9.13. The third-order valence-corrected chi connectivity index (χ3v) is 2.38. The van der Waals surface area contributed by atoms with E-state index >= 15 is 0 Å². The molecule has 0 spiro atoms. The van der Waals surface area contributed by atoms with Gasteiger partial charge in [0.15, 0.2) is 0 Å². The number of esters is 1. The molecule has 0 aliphatic carbocycles. The van der Waals surface area contributed by atoms with Crippen LogP contribution < -0.4 is 5.32 Å². The van der Waals surface area contributed by atoms with Crippen molar-refractivity contribution in [3.8, 4) is 0 Å². The molecular weight excluding hydrogens is 182 g/mol. The van der Waals surface area contributed by atoms with Crippen LogP contribution in [0.4, 0.5) is 0 Å². The van der Waals surface area contributed by atoms with Crippen LogP contribution in [0.3, 0.4) is 0 Å². The summed E-state index contributed by atoms with van der Waals surface area (Å²) in [6.45, 7) is 5.18. The van der Waals surface area contributed by atoms with Gasteiger partial charge in [-0.05, 0) is 26.7 Å². The van der Waals surface area contributed by atoms with Gasteiger partial charge < -0.3 is 9.47 Å². The molecular formula is C10H19NO3. The highest BCUT2D eigenvalue weighted by Gasteiger charge is 2.41. The number of methoxy groups -OCH3 is 1. The van der Waals surface area contributed by atoms with Crippen molar-refractivity contribution >= 4 is 5.97 Å². The molecule has 1 aliphatic rings. The van der Waals surface area contributed by atoms with Gasteiger partial charge in [0.25, 0.3) is 0 Å². The average Bonchev–Trinajstić information content (AvgIpc) is 2.17. The summed E-state index contributed by atoms with van der Waals surface area (Å²) in [7, 11) is 1.42. The van der Waals surface area contributed by atoms with E-state index in [1.165, 1.54) is 7.11 Å². The van der Waals surface area contributed by atoms with Crippen molar-refractivity contribution in [2.75, 3.05) is 20.3 Å². The Balaban J connectivity index is 2.71. The van der Waals surface area contributed by atoms with Crippen LogP contribution in [-0.4, -0.2) is 37.9 Å². The van der Waals surface area contributed by atoms with Crippen LogP contribution >= 0.6 is 0 Å². The molecule has 4 nitrogen and oxygen atoms in total. The number of carbonyl (C=O) groups excluding carboxylic acids is 1. The van der Waals surface area contributed by atoms with Gasteiger partial charge in [-0.3, -0.25) is 5.32 Å². The van der Waals surface area contributed by atoms with E-state index in [9.17, 15) is 4.79 Å². The van der Waals surface area contributed by atoms with E-state index in [2.05, 4.69) is 5.32 Å². The molecule has 1 saturated heterocycles. The molecule has 0 aromatic heterocycles. The van der Waals surface area contributed by atoms with Gasteiger partial charge >= 0.3 is 5.97 Å². The van der Waals surface area contributed by atoms with Crippen molar-refractivity contribution in [2.45, 2.75) is 38.3 Å². The summed E-state index contributed by atoms with van der Waals surface area (Å²) >= 11 is 0. The molecule has 0 aromatic carbocycles. The Morgan fingerprint density at radius 3 is 2.71 bits per heavy atom. The lowest BCUT2D eigenvalue weighted by atomic mass is 9.91. The smallest absolute Gasteiger partial charge is 0.328 e. The van der Waals surface area contributed by atoms with Gasteiger partial charge in [0.05, 0.1) is 13.7 Å². The summed E-state index contributed by atoms with van der Waals surface area (Å²) in [5, 5.41) is 3.25. The summed E-state index contributed by atoms with van der Waals surface area (Å²) in [6, 6.07) is 0.246. The first kappa shape index (κ1) is 11.5. The summed E-state index contributed by atoms with van der Waals surface area (Å²) in [5.41, 5.74) is -0.624. The molecule has 0 aromatic rings. The van der Waals surface area contributed by atoms with Crippen LogP contribution in [0.25, 0.3) is 0 Å². The number of ether oxygens (including phenoxy) is 2. The fourth-order valence-corrected chi connectivity index (χ4v) is 1.88. The summed E-state index contributed by atoms with van der Waals surface area (Å²) in [4.78, 5) is 11.7. The molecule has 0 radical (unpaired) electrons. The van der Waals surface area contributed by atoms with E-state index in [-0.39, 0.29) is 12.0 Å². The normalized spacial score (nSPS) is 27.7. The van der Waals surface area contributed by atoms with Gasteiger partial charge in [-0.15, -0.1) is 0 Å². The van der Waals surface area contributed by atoms with Gasteiger partial charge in [-0.1, -0.05) is 0 Å². The largest absolute Gasteiger partial charge is 0.468 e. The van der Waals surface area contributed by atoms with E-state index in [0.29, 0.717) is 6.61 Å². The SMILES string of the molecule is COC(=O)C1(NC(C)C)CCCOC1. The molecule has 1 aliphatic heterocycles. The predicted octanol–water partition coefficient (Wildman–Crippen LogP) is 0.707. The van der Waals surface area contributed by atoms with Gasteiger partial charge in [0, 0.05) is 12.6 Å². The minimum atomic E-state index is -0.624. The molecule has 1 N–H and O–H groups in total. The first-order valence-electron chi connectivity index (χ1n) is 5.04. The first-order chi connectivity index (χ1) is 6.60. The summed E-state index contributed by atoms with van der Waals surface area (Å²) in [5.74, 6) is -0.217. The second-order valence-electron chi connectivity index (χ2n) is 4.03. The molecule has 0 bridgehead atoms.